The summed E-state index contributed by atoms with van der Waals surface area (Å²) in [5.41, 5.74) is 0.940. The molecule has 6 rings (SSSR count). The van der Waals surface area contributed by atoms with Crippen molar-refractivity contribution in [3.05, 3.63) is 23.3 Å². The molecule has 3 fully saturated rings. The maximum Gasteiger partial charge on any atom is 0.174 e. The summed E-state index contributed by atoms with van der Waals surface area (Å²) < 4.78 is 12.5. The van der Waals surface area contributed by atoms with Gasteiger partial charge in [-0.3, -0.25) is 4.79 Å². The van der Waals surface area contributed by atoms with Crippen molar-refractivity contribution in [2.24, 2.45) is 0 Å². The van der Waals surface area contributed by atoms with Gasteiger partial charge in [0.2, 0.25) is 0 Å². The van der Waals surface area contributed by atoms with Crippen LogP contribution in [0.1, 0.15) is 30.4 Å². The molecule has 1 saturated carbocycles. The number of morpholine rings is 1. The van der Waals surface area contributed by atoms with Crippen molar-refractivity contribution in [2.75, 3.05) is 19.7 Å². The molecule has 0 radical (unpaired) electrons. The molecule has 0 amide bonds. The van der Waals surface area contributed by atoms with Crippen LogP contribution in [0.5, 0.6) is 11.5 Å². The van der Waals surface area contributed by atoms with E-state index in [0.717, 1.165) is 11.1 Å². The maximum absolute atomic E-state index is 12.7. The van der Waals surface area contributed by atoms with Crippen LogP contribution in [-0.4, -0.2) is 58.2 Å². The minimum absolute atomic E-state index is 0.0400. The summed E-state index contributed by atoms with van der Waals surface area (Å²) in [4.78, 5) is 12.7. The summed E-state index contributed by atoms with van der Waals surface area (Å²) in [6.07, 6.45) is 1.80. The Balaban J connectivity index is 1.73. The molecule has 1 aromatic carbocycles. The van der Waals surface area contributed by atoms with Crippen LogP contribution < -0.4 is 4.74 Å². The van der Waals surface area contributed by atoms with E-state index in [1.165, 1.54) is 0 Å². The molecular weight excluding hydrogens is 310 g/mol. The van der Waals surface area contributed by atoms with Crippen molar-refractivity contribution in [1.29, 1.82) is 0 Å². The maximum atomic E-state index is 12.7. The van der Waals surface area contributed by atoms with E-state index in [0.29, 0.717) is 51.1 Å². The number of phenolic OH excluding ortho intramolecular Hbond substituents is 1. The highest BCUT2D eigenvalue weighted by molar-refractivity contribution is 5.90. The van der Waals surface area contributed by atoms with Crippen LogP contribution in [0.4, 0.5) is 0 Å². The number of ether oxygens (including phenoxy) is 2. The van der Waals surface area contributed by atoms with Gasteiger partial charge in [0.1, 0.15) is 18.7 Å². The zero-order valence-electron chi connectivity index (χ0n) is 13.3. The molecular formula is C18H20NO5+. The number of hydroxylamine groups is 3. The lowest BCUT2D eigenvalue weighted by Crippen LogP contribution is -2.84. The van der Waals surface area contributed by atoms with Crippen LogP contribution in [0.15, 0.2) is 12.1 Å². The average Bonchev–Trinajstić information content (AvgIpc) is 2.92. The van der Waals surface area contributed by atoms with Crippen molar-refractivity contribution >= 4 is 5.78 Å². The highest BCUT2D eigenvalue weighted by atomic mass is 16.6. The summed E-state index contributed by atoms with van der Waals surface area (Å²) in [5, 5.41) is 21.6. The molecule has 1 aromatic rings. The zero-order valence-corrected chi connectivity index (χ0v) is 13.3. The fraction of sp³-hybridized carbons (Fsp3) is 0.611. The quantitative estimate of drug-likeness (QED) is 0.696. The monoisotopic (exact) mass is 330 g/mol. The van der Waals surface area contributed by atoms with Gasteiger partial charge in [0.25, 0.3) is 0 Å². The second kappa shape index (κ2) is 3.79. The molecule has 5 aliphatic rings. The second-order valence-electron chi connectivity index (χ2n) is 8.03. The number of piperidine rings is 1. The molecule has 3 heterocycles. The molecule has 6 heteroatoms. The summed E-state index contributed by atoms with van der Waals surface area (Å²) in [7, 11) is 0. The normalized spacial score (nSPS) is 47.1. The molecule has 2 N–H and O–H groups in total. The third kappa shape index (κ3) is 1.15. The van der Waals surface area contributed by atoms with Gasteiger partial charge < -0.3 is 14.6 Å². The molecule has 24 heavy (non-hydrogen) atoms. The predicted molar refractivity (Wildman–Crippen MR) is 81.0 cm³/mol. The molecule has 5 atom stereocenters. The molecule has 0 aromatic heterocycles. The van der Waals surface area contributed by atoms with Gasteiger partial charge in [-0.2, -0.15) is 4.65 Å². The first-order chi connectivity index (χ1) is 11.5. The lowest BCUT2D eigenvalue weighted by molar-refractivity contribution is -1.13. The number of carbonyl (C=O) groups excluding carboxylic acids is 1. The third-order valence-corrected chi connectivity index (χ3v) is 7.41. The molecule has 1 unspecified atom stereocenters. The Morgan fingerprint density at radius 2 is 2.12 bits per heavy atom. The molecule has 2 aliphatic carbocycles. The Morgan fingerprint density at radius 1 is 1.25 bits per heavy atom. The van der Waals surface area contributed by atoms with Crippen molar-refractivity contribution in [1.82, 2.24) is 0 Å². The van der Waals surface area contributed by atoms with E-state index in [1.54, 1.807) is 6.07 Å². The third-order valence-electron chi connectivity index (χ3n) is 7.41. The van der Waals surface area contributed by atoms with Gasteiger partial charge in [-0.15, -0.1) is 0 Å². The fourth-order valence-corrected chi connectivity index (χ4v) is 6.52. The van der Waals surface area contributed by atoms with Gasteiger partial charge in [0.05, 0.1) is 12.0 Å². The van der Waals surface area contributed by atoms with Crippen LogP contribution >= 0.6 is 0 Å². The van der Waals surface area contributed by atoms with Crippen molar-refractivity contribution in [2.45, 2.75) is 48.8 Å². The molecule has 6 nitrogen and oxygen atoms in total. The molecule has 2 saturated heterocycles. The van der Waals surface area contributed by atoms with Gasteiger partial charge in [-0.25, -0.2) is 5.21 Å². The Bertz CT molecular complexity index is 809. The Kier molecular flexibility index (Phi) is 2.15. The highest BCUT2D eigenvalue weighted by Gasteiger charge is 2.79. The number of ketones is 1. The number of aromatic hydroxyl groups is 1. The first-order valence-corrected chi connectivity index (χ1v) is 8.80. The zero-order chi connectivity index (χ0) is 16.3. The lowest BCUT2D eigenvalue weighted by atomic mass is 9.48. The molecule has 2 spiro atoms. The van der Waals surface area contributed by atoms with Gasteiger partial charge in [-0.1, -0.05) is 6.07 Å². The Labute approximate surface area is 139 Å². The van der Waals surface area contributed by atoms with Gasteiger partial charge in [0.15, 0.2) is 29.4 Å². The van der Waals surface area contributed by atoms with E-state index >= 15 is 0 Å². The van der Waals surface area contributed by atoms with Crippen LogP contribution in [0.25, 0.3) is 0 Å². The van der Waals surface area contributed by atoms with E-state index in [-0.39, 0.29) is 22.2 Å². The van der Waals surface area contributed by atoms with Gasteiger partial charge >= 0.3 is 0 Å². The predicted octanol–water partition coefficient (Wildman–Crippen LogP) is 1.06. The fourth-order valence-electron chi connectivity index (χ4n) is 6.52. The van der Waals surface area contributed by atoms with Crippen molar-refractivity contribution in [3.63, 3.8) is 0 Å². The number of Topliss-reactive ketones (excluding diaryl/α,β-unsaturated/α-hetero) is 1. The van der Waals surface area contributed by atoms with Crippen LogP contribution in [0.2, 0.25) is 0 Å². The van der Waals surface area contributed by atoms with Gasteiger partial charge in [0, 0.05) is 24.8 Å². The lowest BCUT2D eigenvalue weighted by Gasteiger charge is -2.66. The summed E-state index contributed by atoms with van der Waals surface area (Å²) >= 11 is 0. The number of hydrogen-bond acceptors (Lipinski definition) is 5. The van der Waals surface area contributed by atoms with Gasteiger partial charge in [-0.05, 0) is 18.1 Å². The summed E-state index contributed by atoms with van der Waals surface area (Å²) in [5.74, 6) is 0.665. The van der Waals surface area contributed by atoms with Crippen LogP contribution in [0.3, 0.4) is 0 Å². The number of rotatable bonds is 0. The smallest absolute Gasteiger partial charge is 0.174 e. The molecule has 126 valence electrons. The number of carbonyl (C=O) groups is 1. The minimum Gasteiger partial charge on any atom is -0.504 e. The Hall–Kier alpha value is -1.63. The van der Waals surface area contributed by atoms with E-state index < -0.39 is 17.1 Å². The summed E-state index contributed by atoms with van der Waals surface area (Å²) in [6, 6.07) is 3.50. The number of benzene rings is 1. The largest absolute Gasteiger partial charge is 0.504 e. The van der Waals surface area contributed by atoms with Crippen molar-refractivity contribution in [3.8, 4) is 11.5 Å². The van der Waals surface area contributed by atoms with E-state index in [2.05, 4.69) is 0 Å². The Morgan fingerprint density at radius 3 is 3.00 bits per heavy atom. The number of hydrogen-bond donors (Lipinski definition) is 2. The highest BCUT2D eigenvalue weighted by Crippen LogP contribution is 2.67. The van der Waals surface area contributed by atoms with Crippen molar-refractivity contribution < 1.29 is 29.2 Å². The van der Waals surface area contributed by atoms with E-state index in [9.17, 15) is 15.1 Å². The molecule has 4 bridgehead atoms. The topological polar surface area (TPSA) is 76.0 Å². The van der Waals surface area contributed by atoms with Crippen LogP contribution in [-0.2, 0) is 21.4 Å². The second-order valence-corrected chi connectivity index (χ2v) is 8.03. The minimum atomic E-state index is -0.594. The number of nitrogens with zero attached hydrogens (tertiary/aromatic N) is 1. The van der Waals surface area contributed by atoms with Crippen LogP contribution in [0, 0.1) is 0 Å². The van der Waals surface area contributed by atoms with E-state index in [4.69, 9.17) is 9.47 Å². The first kappa shape index (κ1) is 13.6. The first-order valence-electron chi connectivity index (χ1n) is 8.80. The van der Waals surface area contributed by atoms with E-state index in [1.807, 2.05) is 6.07 Å². The average molecular weight is 330 g/mol. The molecule has 3 aliphatic heterocycles. The number of quaternary nitrogens is 1. The SMILES string of the molecule is O=C1CC[C@]23OCC[N+]4(O)CC[C@@]25c2c(ccc(O)c2O[C@@H]15)C[C@H]34. The summed E-state index contributed by atoms with van der Waals surface area (Å²) in [6.45, 7) is 1.71. The number of phenols is 1. The standard InChI is InChI=1S/C18H19NO5/c20-11-2-1-10-9-13-18-4-3-12(21)16-17(18,14(10)15(11)24-16)5-6-19(13,22)7-8-23-18/h1-2,13,16,22H,3-9H2/p+1/t13-,16+,17+,18-,19?/m1/s1.